The summed E-state index contributed by atoms with van der Waals surface area (Å²) in [5.41, 5.74) is 6.27. The SMILES string of the molecule is NCc1cnc(=S)[nH]c1. The van der Waals surface area contributed by atoms with Gasteiger partial charge in [0.15, 0.2) is 4.77 Å². The van der Waals surface area contributed by atoms with E-state index in [-0.39, 0.29) is 0 Å². The Morgan fingerprint density at radius 2 is 2.56 bits per heavy atom. The van der Waals surface area contributed by atoms with Gasteiger partial charge in [0.05, 0.1) is 0 Å². The molecule has 1 heterocycles. The van der Waals surface area contributed by atoms with E-state index in [2.05, 4.69) is 9.97 Å². The number of aromatic amines is 1. The van der Waals surface area contributed by atoms with Gasteiger partial charge in [-0.3, -0.25) is 0 Å². The highest BCUT2D eigenvalue weighted by molar-refractivity contribution is 7.71. The standard InChI is InChI=1S/C5H7N3S/c6-1-4-2-7-5(9)8-3-4/h2-3H,1,6H2,(H,7,8,9). The van der Waals surface area contributed by atoms with Gasteiger partial charge in [-0.15, -0.1) is 0 Å². The summed E-state index contributed by atoms with van der Waals surface area (Å²) in [6.45, 7) is 0.499. The molecule has 0 amide bonds. The first-order valence-corrected chi connectivity index (χ1v) is 2.97. The van der Waals surface area contributed by atoms with Crippen molar-refractivity contribution in [3.05, 3.63) is 22.7 Å². The van der Waals surface area contributed by atoms with Crippen LogP contribution in [-0.4, -0.2) is 9.97 Å². The molecule has 4 heteroatoms. The lowest BCUT2D eigenvalue weighted by Crippen LogP contribution is -1.97. The molecular formula is C5H7N3S. The molecule has 3 N–H and O–H groups in total. The molecule has 0 bridgehead atoms. The fourth-order valence-corrected chi connectivity index (χ4v) is 0.594. The summed E-state index contributed by atoms with van der Waals surface area (Å²) in [4.78, 5) is 6.60. The highest BCUT2D eigenvalue weighted by atomic mass is 32.1. The first-order chi connectivity index (χ1) is 4.33. The molecule has 0 saturated heterocycles. The van der Waals surface area contributed by atoms with Crippen molar-refractivity contribution in [3.63, 3.8) is 0 Å². The quantitative estimate of drug-likeness (QED) is 0.563. The molecule has 3 nitrogen and oxygen atoms in total. The van der Waals surface area contributed by atoms with Crippen LogP contribution in [0.15, 0.2) is 12.4 Å². The Morgan fingerprint density at radius 3 is 3.00 bits per heavy atom. The van der Waals surface area contributed by atoms with Gasteiger partial charge in [0.25, 0.3) is 0 Å². The molecule has 0 unspecified atom stereocenters. The summed E-state index contributed by atoms with van der Waals surface area (Å²) >= 11 is 4.71. The van der Waals surface area contributed by atoms with E-state index in [9.17, 15) is 0 Å². The van der Waals surface area contributed by atoms with Gasteiger partial charge in [-0.25, -0.2) is 4.98 Å². The van der Waals surface area contributed by atoms with Gasteiger partial charge in [-0.1, -0.05) is 0 Å². The molecule has 1 aromatic rings. The Labute approximate surface area is 57.9 Å². The van der Waals surface area contributed by atoms with Crippen LogP contribution in [0.3, 0.4) is 0 Å². The van der Waals surface area contributed by atoms with Crippen LogP contribution in [0.1, 0.15) is 5.56 Å². The molecule has 0 aliphatic rings. The third-order valence-electron chi connectivity index (χ3n) is 0.964. The molecule has 0 spiro atoms. The van der Waals surface area contributed by atoms with Crippen molar-refractivity contribution < 1.29 is 0 Å². The lowest BCUT2D eigenvalue weighted by Gasteiger charge is -1.90. The molecule has 9 heavy (non-hydrogen) atoms. The predicted molar refractivity (Wildman–Crippen MR) is 37.3 cm³/mol. The monoisotopic (exact) mass is 141 g/mol. The van der Waals surface area contributed by atoms with Crippen molar-refractivity contribution in [1.29, 1.82) is 0 Å². The van der Waals surface area contributed by atoms with Gasteiger partial charge in [-0.2, -0.15) is 0 Å². The second kappa shape index (κ2) is 2.70. The largest absolute Gasteiger partial charge is 0.337 e. The second-order valence-electron chi connectivity index (χ2n) is 1.63. The minimum Gasteiger partial charge on any atom is -0.337 e. The van der Waals surface area contributed by atoms with Gasteiger partial charge >= 0.3 is 0 Å². The normalized spacial score (nSPS) is 9.44. The van der Waals surface area contributed by atoms with Gasteiger partial charge in [-0.05, 0) is 12.2 Å². The molecule has 0 aromatic carbocycles. The van der Waals surface area contributed by atoms with Crippen molar-refractivity contribution in [3.8, 4) is 0 Å². The van der Waals surface area contributed by atoms with E-state index in [0.717, 1.165) is 5.56 Å². The van der Waals surface area contributed by atoms with Gasteiger partial charge in [0.2, 0.25) is 0 Å². The Kier molecular flexibility index (Phi) is 1.92. The fraction of sp³-hybridized carbons (Fsp3) is 0.200. The van der Waals surface area contributed by atoms with Crippen LogP contribution in [-0.2, 0) is 6.54 Å². The number of hydrogen-bond donors (Lipinski definition) is 2. The average molecular weight is 141 g/mol. The number of H-pyrrole nitrogens is 1. The Hall–Kier alpha value is -0.740. The summed E-state index contributed by atoms with van der Waals surface area (Å²) < 4.78 is 0.493. The van der Waals surface area contributed by atoms with Crippen LogP contribution < -0.4 is 5.73 Å². The number of aromatic nitrogens is 2. The van der Waals surface area contributed by atoms with E-state index in [1.165, 1.54) is 0 Å². The lowest BCUT2D eigenvalue weighted by atomic mass is 10.4. The van der Waals surface area contributed by atoms with Crippen molar-refractivity contribution in [2.45, 2.75) is 6.54 Å². The minimum atomic E-state index is 0.493. The molecular weight excluding hydrogens is 134 g/mol. The van der Waals surface area contributed by atoms with Gasteiger partial charge in [0.1, 0.15) is 0 Å². The number of hydrogen-bond acceptors (Lipinski definition) is 3. The van der Waals surface area contributed by atoms with E-state index in [1.54, 1.807) is 12.4 Å². The molecule has 1 rings (SSSR count). The number of nitrogens with one attached hydrogen (secondary N) is 1. The van der Waals surface area contributed by atoms with Gasteiger partial charge < -0.3 is 10.7 Å². The Morgan fingerprint density at radius 1 is 1.78 bits per heavy atom. The molecule has 0 radical (unpaired) electrons. The van der Waals surface area contributed by atoms with Crippen LogP contribution in [0, 0.1) is 4.77 Å². The van der Waals surface area contributed by atoms with E-state index >= 15 is 0 Å². The predicted octanol–water partition coefficient (Wildman–Crippen LogP) is 0.598. The van der Waals surface area contributed by atoms with Crippen LogP contribution in [0.4, 0.5) is 0 Å². The fourth-order valence-electron chi connectivity index (χ4n) is 0.482. The zero-order valence-electron chi connectivity index (χ0n) is 4.79. The van der Waals surface area contributed by atoms with Crippen molar-refractivity contribution in [2.75, 3.05) is 0 Å². The molecule has 1 aromatic heterocycles. The maximum atomic E-state index is 5.31. The molecule has 48 valence electrons. The minimum absolute atomic E-state index is 0.493. The zero-order valence-corrected chi connectivity index (χ0v) is 5.61. The molecule has 0 aliphatic heterocycles. The van der Waals surface area contributed by atoms with E-state index in [1.807, 2.05) is 0 Å². The van der Waals surface area contributed by atoms with Crippen molar-refractivity contribution >= 4 is 12.2 Å². The molecule has 0 aliphatic carbocycles. The maximum absolute atomic E-state index is 5.31. The Balaban J connectivity index is 3.02. The number of nitrogens with two attached hydrogens (primary N) is 1. The van der Waals surface area contributed by atoms with E-state index < -0.39 is 0 Å². The van der Waals surface area contributed by atoms with Crippen LogP contribution >= 0.6 is 12.2 Å². The number of rotatable bonds is 1. The maximum Gasteiger partial charge on any atom is 0.196 e. The van der Waals surface area contributed by atoms with Gasteiger partial charge in [0, 0.05) is 24.5 Å². The topological polar surface area (TPSA) is 54.7 Å². The smallest absolute Gasteiger partial charge is 0.196 e. The van der Waals surface area contributed by atoms with E-state index in [4.69, 9.17) is 18.0 Å². The third kappa shape index (κ3) is 1.58. The third-order valence-corrected chi connectivity index (χ3v) is 1.19. The van der Waals surface area contributed by atoms with Crippen LogP contribution in [0.5, 0.6) is 0 Å². The molecule has 0 saturated carbocycles. The average Bonchev–Trinajstić information content (AvgIpc) is 1.90. The molecule has 0 fully saturated rings. The number of nitrogens with zero attached hydrogens (tertiary/aromatic N) is 1. The summed E-state index contributed by atoms with van der Waals surface area (Å²) in [7, 11) is 0. The first kappa shape index (κ1) is 6.38. The van der Waals surface area contributed by atoms with Crippen molar-refractivity contribution in [1.82, 2.24) is 9.97 Å². The summed E-state index contributed by atoms with van der Waals surface area (Å²) in [6, 6.07) is 0. The highest BCUT2D eigenvalue weighted by Gasteiger charge is 1.84. The Bertz CT molecular complexity index is 222. The first-order valence-electron chi connectivity index (χ1n) is 2.56. The zero-order chi connectivity index (χ0) is 6.69. The summed E-state index contributed by atoms with van der Waals surface area (Å²) in [5, 5.41) is 0. The van der Waals surface area contributed by atoms with E-state index in [0.29, 0.717) is 11.3 Å². The molecule has 0 atom stereocenters. The summed E-state index contributed by atoms with van der Waals surface area (Å²) in [6.07, 6.45) is 3.42. The van der Waals surface area contributed by atoms with Crippen LogP contribution in [0.2, 0.25) is 0 Å². The lowest BCUT2D eigenvalue weighted by molar-refractivity contribution is 0.997. The second-order valence-corrected chi connectivity index (χ2v) is 2.02. The summed E-state index contributed by atoms with van der Waals surface area (Å²) in [5.74, 6) is 0. The van der Waals surface area contributed by atoms with Crippen molar-refractivity contribution in [2.24, 2.45) is 5.73 Å². The van der Waals surface area contributed by atoms with Crippen LogP contribution in [0.25, 0.3) is 0 Å². The highest BCUT2D eigenvalue weighted by Crippen LogP contribution is 1.89.